The van der Waals surface area contributed by atoms with Crippen LogP contribution in [0.1, 0.15) is 17.3 Å². The number of ether oxygens (including phenoxy) is 2. The smallest absolute Gasteiger partial charge is 0.268 e. The summed E-state index contributed by atoms with van der Waals surface area (Å²) in [5.41, 5.74) is 0.357. The highest BCUT2D eigenvalue weighted by atomic mass is 35.5. The van der Waals surface area contributed by atoms with Crippen LogP contribution in [0.5, 0.6) is 11.5 Å². The Morgan fingerprint density at radius 1 is 0.967 bits per heavy atom. The van der Waals surface area contributed by atoms with Gasteiger partial charge in [0.2, 0.25) is 5.95 Å². The zero-order valence-corrected chi connectivity index (χ0v) is 19.0. The third-order valence-electron chi connectivity index (χ3n) is 4.16. The van der Waals surface area contributed by atoms with E-state index in [-0.39, 0.29) is 11.9 Å². The Labute approximate surface area is 183 Å². The van der Waals surface area contributed by atoms with Gasteiger partial charge < -0.3 is 19.3 Å². The van der Waals surface area contributed by atoms with Crippen molar-refractivity contribution in [1.29, 1.82) is 0 Å². The summed E-state index contributed by atoms with van der Waals surface area (Å²) in [4.78, 5) is 27.7. The third-order valence-corrected chi connectivity index (χ3v) is 4.36. The zero-order chi connectivity index (χ0) is 22.1. The van der Waals surface area contributed by atoms with Crippen molar-refractivity contribution >= 4 is 23.5 Å². The van der Waals surface area contributed by atoms with E-state index in [1.807, 2.05) is 51.0 Å². The third kappa shape index (κ3) is 6.83. The molecule has 0 spiro atoms. The maximum absolute atomic E-state index is 13.7. The molecular formula is C21H30ClN5O3. The molecule has 1 heterocycles. The molecule has 9 heteroatoms. The van der Waals surface area contributed by atoms with Gasteiger partial charge in [-0.15, -0.1) is 0 Å². The van der Waals surface area contributed by atoms with Gasteiger partial charge in [0.25, 0.3) is 5.91 Å². The fourth-order valence-electron chi connectivity index (χ4n) is 2.63. The highest BCUT2D eigenvalue weighted by molar-refractivity contribution is 6.30. The number of amides is 1. The van der Waals surface area contributed by atoms with Crippen molar-refractivity contribution < 1.29 is 14.3 Å². The number of hydrogen-bond donors (Lipinski definition) is 0. The molecule has 0 unspecified atom stereocenters. The van der Waals surface area contributed by atoms with Crippen molar-refractivity contribution in [3.8, 4) is 11.5 Å². The lowest BCUT2D eigenvalue weighted by molar-refractivity contribution is 0.0975. The summed E-state index contributed by atoms with van der Waals surface area (Å²) < 4.78 is 11.7. The van der Waals surface area contributed by atoms with E-state index in [4.69, 9.17) is 21.1 Å². The predicted octanol–water partition coefficient (Wildman–Crippen LogP) is 2.68. The molecule has 1 aromatic heterocycles. The van der Waals surface area contributed by atoms with Gasteiger partial charge in [0.15, 0.2) is 0 Å². The first-order valence-corrected chi connectivity index (χ1v) is 10.2. The molecule has 0 saturated heterocycles. The summed E-state index contributed by atoms with van der Waals surface area (Å²) in [5.74, 6) is 0.921. The van der Waals surface area contributed by atoms with Crippen LogP contribution in [0.2, 0.25) is 5.02 Å². The SMILES string of the molecule is CCOc1cccc(OCCN(C)C)c1C(=O)N(CCN(C)C)c1ncc(Cl)cn1. The number of likely N-dealkylation sites (N-methyl/N-ethyl adjacent to an activating group) is 2. The van der Waals surface area contributed by atoms with E-state index in [2.05, 4.69) is 9.97 Å². The second kappa shape index (κ2) is 11.7. The van der Waals surface area contributed by atoms with E-state index in [0.717, 1.165) is 6.54 Å². The molecule has 0 bridgehead atoms. The average Bonchev–Trinajstić information content (AvgIpc) is 2.69. The molecule has 1 amide bonds. The van der Waals surface area contributed by atoms with E-state index in [1.165, 1.54) is 17.3 Å². The quantitative estimate of drug-likeness (QED) is 0.537. The first-order valence-electron chi connectivity index (χ1n) is 9.81. The monoisotopic (exact) mass is 435 g/mol. The molecule has 0 aliphatic carbocycles. The summed E-state index contributed by atoms with van der Waals surface area (Å²) in [6.45, 7) is 4.49. The summed E-state index contributed by atoms with van der Waals surface area (Å²) in [6.07, 6.45) is 2.95. The molecule has 8 nitrogen and oxygen atoms in total. The molecule has 30 heavy (non-hydrogen) atoms. The van der Waals surface area contributed by atoms with Crippen LogP contribution in [0.4, 0.5) is 5.95 Å². The lowest BCUT2D eigenvalue weighted by Crippen LogP contribution is -2.38. The number of carbonyl (C=O) groups excluding carboxylic acids is 1. The van der Waals surface area contributed by atoms with Gasteiger partial charge >= 0.3 is 0 Å². The van der Waals surface area contributed by atoms with Crippen molar-refractivity contribution in [1.82, 2.24) is 19.8 Å². The van der Waals surface area contributed by atoms with Crippen LogP contribution < -0.4 is 14.4 Å². The molecule has 0 fully saturated rings. The van der Waals surface area contributed by atoms with Gasteiger partial charge in [-0.05, 0) is 47.2 Å². The van der Waals surface area contributed by atoms with Crippen LogP contribution in [-0.2, 0) is 0 Å². The Balaban J connectivity index is 2.44. The highest BCUT2D eigenvalue weighted by Crippen LogP contribution is 2.31. The Bertz CT molecular complexity index is 815. The zero-order valence-electron chi connectivity index (χ0n) is 18.3. The van der Waals surface area contributed by atoms with E-state index in [0.29, 0.717) is 48.4 Å². The Morgan fingerprint density at radius 3 is 2.13 bits per heavy atom. The minimum absolute atomic E-state index is 0.275. The summed E-state index contributed by atoms with van der Waals surface area (Å²) in [6, 6.07) is 5.36. The van der Waals surface area contributed by atoms with Gasteiger partial charge in [-0.1, -0.05) is 17.7 Å². The number of aromatic nitrogens is 2. The van der Waals surface area contributed by atoms with Gasteiger partial charge in [-0.2, -0.15) is 0 Å². The van der Waals surface area contributed by atoms with Crippen LogP contribution in [0, 0.1) is 0 Å². The summed E-state index contributed by atoms with van der Waals surface area (Å²) in [5, 5.41) is 0.404. The number of benzene rings is 1. The summed E-state index contributed by atoms with van der Waals surface area (Å²) in [7, 11) is 7.81. The Hall–Kier alpha value is -2.42. The van der Waals surface area contributed by atoms with Gasteiger partial charge in [-0.25, -0.2) is 9.97 Å². The van der Waals surface area contributed by atoms with Crippen molar-refractivity contribution in [2.75, 3.05) is 65.9 Å². The second-order valence-corrected chi connectivity index (χ2v) is 7.61. The van der Waals surface area contributed by atoms with Crippen molar-refractivity contribution in [3.05, 3.63) is 41.2 Å². The van der Waals surface area contributed by atoms with Crippen LogP contribution in [0.3, 0.4) is 0 Å². The fraction of sp³-hybridized carbons (Fsp3) is 0.476. The Kier molecular flexibility index (Phi) is 9.29. The maximum atomic E-state index is 13.7. The minimum atomic E-state index is -0.289. The molecule has 0 radical (unpaired) electrons. The number of nitrogens with zero attached hydrogens (tertiary/aromatic N) is 5. The molecule has 2 rings (SSSR count). The molecule has 0 saturated carbocycles. The number of carbonyl (C=O) groups is 1. The van der Waals surface area contributed by atoms with Crippen LogP contribution in [0.25, 0.3) is 0 Å². The first kappa shape index (κ1) is 23.9. The maximum Gasteiger partial charge on any atom is 0.268 e. The molecule has 0 atom stereocenters. The lowest BCUT2D eigenvalue weighted by Gasteiger charge is -2.25. The van der Waals surface area contributed by atoms with Crippen LogP contribution in [0.15, 0.2) is 30.6 Å². The predicted molar refractivity (Wildman–Crippen MR) is 119 cm³/mol. The van der Waals surface area contributed by atoms with E-state index in [9.17, 15) is 4.79 Å². The van der Waals surface area contributed by atoms with Crippen LogP contribution in [-0.4, -0.2) is 86.7 Å². The number of rotatable bonds is 11. The van der Waals surface area contributed by atoms with Gasteiger partial charge in [-0.3, -0.25) is 9.69 Å². The average molecular weight is 436 g/mol. The molecule has 1 aromatic carbocycles. The Morgan fingerprint density at radius 2 is 1.57 bits per heavy atom. The van der Waals surface area contributed by atoms with Gasteiger partial charge in [0.05, 0.1) is 24.0 Å². The fourth-order valence-corrected chi connectivity index (χ4v) is 2.73. The van der Waals surface area contributed by atoms with Crippen molar-refractivity contribution in [3.63, 3.8) is 0 Å². The number of anilines is 1. The standard InChI is InChI=1S/C21H30ClN5O3/c1-6-29-17-8-7-9-18(30-13-12-26(4)5)19(17)20(28)27(11-10-25(2)3)21-23-14-16(22)15-24-21/h7-9,14-15H,6,10-13H2,1-5H3. The highest BCUT2D eigenvalue weighted by Gasteiger charge is 2.27. The molecule has 0 aliphatic heterocycles. The number of hydrogen-bond acceptors (Lipinski definition) is 7. The number of halogens is 1. The first-order chi connectivity index (χ1) is 14.3. The molecular weight excluding hydrogens is 406 g/mol. The van der Waals surface area contributed by atoms with Gasteiger partial charge in [0, 0.05) is 19.6 Å². The summed E-state index contributed by atoms with van der Waals surface area (Å²) >= 11 is 5.93. The molecule has 0 N–H and O–H groups in total. The lowest BCUT2D eigenvalue weighted by atomic mass is 10.1. The van der Waals surface area contributed by atoms with Crippen LogP contribution >= 0.6 is 11.6 Å². The van der Waals surface area contributed by atoms with E-state index < -0.39 is 0 Å². The minimum Gasteiger partial charge on any atom is -0.493 e. The molecule has 164 valence electrons. The molecule has 2 aromatic rings. The van der Waals surface area contributed by atoms with Crippen molar-refractivity contribution in [2.45, 2.75) is 6.92 Å². The van der Waals surface area contributed by atoms with E-state index in [1.54, 1.807) is 12.1 Å². The van der Waals surface area contributed by atoms with Gasteiger partial charge in [0.1, 0.15) is 23.7 Å². The normalized spacial score (nSPS) is 11.1. The van der Waals surface area contributed by atoms with E-state index >= 15 is 0 Å². The topological polar surface area (TPSA) is 71.0 Å². The molecule has 0 aliphatic rings. The van der Waals surface area contributed by atoms with Crippen molar-refractivity contribution in [2.24, 2.45) is 0 Å². The largest absolute Gasteiger partial charge is 0.493 e. The second-order valence-electron chi connectivity index (χ2n) is 7.18.